The number of benzene rings is 1. The smallest absolute Gasteiger partial charge is 0.0494 e. The van der Waals surface area contributed by atoms with Gasteiger partial charge in [-0.2, -0.15) is 0 Å². The molecule has 1 heteroatoms. The van der Waals surface area contributed by atoms with Gasteiger partial charge in [-0.3, -0.25) is 0 Å². The summed E-state index contributed by atoms with van der Waals surface area (Å²) >= 11 is 0. The quantitative estimate of drug-likeness (QED) is 0.672. The van der Waals surface area contributed by atoms with Crippen molar-refractivity contribution >= 4 is 10.9 Å². The second-order valence-corrected chi connectivity index (χ2v) is 6.99. The summed E-state index contributed by atoms with van der Waals surface area (Å²) in [6.07, 6.45) is 7.05. The number of H-pyrrole nitrogens is 1. The minimum Gasteiger partial charge on any atom is -0.358 e. The van der Waals surface area contributed by atoms with Crippen LogP contribution in [0.3, 0.4) is 0 Å². The van der Waals surface area contributed by atoms with Crippen LogP contribution >= 0.6 is 0 Å². The Kier molecular flexibility index (Phi) is 2.23. The largest absolute Gasteiger partial charge is 0.358 e. The van der Waals surface area contributed by atoms with Crippen molar-refractivity contribution < 1.29 is 0 Å². The second kappa shape index (κ2) is 3.65. The average Bonchev–Trinajstić information content (AvgIpc) is 2.99. The first-order chi connectivity index (χ1) is 9.11. The zero-order chi connectivity index (χ0) is 13.2. The summed E-state index contributed by atoms with van der Waals surface area (Å²) < 4.78 is 0. The van der Waals surface area contributed by atoms with Crippen LogP contribution in [0.25, 0.3) is 10.9 Å². The zero-order valence-electron chi connectivity index (χ0n) is 12.3. The molecule has 4 rings (SSSR count). The Hall–Kier alpha value is -1.24. The predicted octanol–water partition coefficient (Wildman–Crippen LogP) is 5.10. The Morgan fingerprint density at radius 2 is 1.89 bits per heavy atom. The summed E-state index contributed by atoms with van der Waals surface area (Å²) in [5.41, 5.74) is 8.13. The molecule has 0 saturated heterocycles. The molecule has 100 valence electrons. The van der Waals surface area contributed by atoms with Crippen molar-refractivity contribution in [1.29, 1.82) is 0 Å². The lowest BCUT2D eigenvalue weighted by Gasteiger charge is -2.26. The van der Waals surface area contributed by atoms with Gasteiger partial charge in [0.1, 0.15) is 0 Å². The number of rotatable bonds is 0. The molecule has 2 aliphatic carbocycles. The normalized spacial score (nSPS) is 24.5. The molecule has 2 aliphatic rings. The molecule has 0 radical (unpaired) electrons. The molecule has 1 nitrogen and oxygen atoms in total. The highest BCUT2D eigenvalue weighted by Crippen LogP contribution is 2.57. The summed E-state index contributed by atoms with van der Waals surface area (Å²) in [5, 5.41) is 1.41. The van der Waals surface area contributed by atoms with Crippen molar-refractivity contribution in [2.75, 3.05) is 0 Å². The Morgan fingerprint density at radius 3 is 2.63 bits per heavy atom. The number of fused-ring (bicyclic) bond motifs is 4. The van der Waals surface area contributed by atoms with E-state index in [-0.39, 0.29) is 0 Å². The first-order valence-electron chi connectivity index (χ1n) is 7.74. The highest BCUT2D eigenvalue weighted by molar-refractivity contribution is 5.87. The molecule has 1 saturated carbocycles. The number of hydrogen-bond donors (Lipinski definition) is 1. The van der Waals surface area contributed by atoms with E-state index in [4.69, 9.17) is 0 Å². The lowest BCUT2D eigenvalue weighted by molar-refractivity contribution is 0.415. The molecule has 0 aliphatic heterocycles. The third-order valence-corrected chi connectivity index (χ3v) is 5.57. The molecule has 0 bridgehead atoms. The third kappa shape index (κ3) is 1.42. The van der Waals surface area contributed by atoms with Gasteiger partial charge >= 0.3 is 0 Å². The maximum absolute atomic E-state index is 3.62. The van der Waals surface area contributed by atoms with Crippen molar-refractivity contribution in [1.82, 2.24) is 4.98 Å². The van der Waals surface area contributed by atoms with Crippen LogP contribution in [0, 0.1) is 13.8 Å². The monoisotopic (exact) mass is 253 g/mol. The van der Waals surface area contributed by atoms with E-state index < -0.39 is 0 Å². The summed E-state index contributed by atoms with van der Waals surface area (Å²) in [5.74, 6) is 0.716. The van der Waals surface area contributed by atoms with E-state index in [2.05, 4.69) is 37.9 Å². The van der Waals surface area contributed by atoms with Gasteiger partial charge in [-0.15, -0.1) is 0 Å². The van der Waals surface area contributed by atoms with Gasteiger partial charge in [-0.1, -0.05) is 19.8 Å². The molecule has 1 N–H and O–H groups in total. The summed E-state index contributed by atoms with van der Waals surface area (Å²) in [6, 6.07) is 4.71. The molecule has 1 fully saturated rings. The van der Waals surface area contributed by atoms with Crippen LogP contribution < -0.4 is 0 Å². The van der Waals surface area contributed by atoms with Crippen molar-refractivity contribution in [3.05, 3.63) is 34.5 Å². The van der Waals surface area contributed by atoms with Crippen molar-refractivity contribution in [3.8, 4) is 0 Å². The van der Waals surface area contributed by atoms with Crippen molar-refractivity contribution in [3.63, 3.8) is 0 Å². The van der Waals surface area contributed by atoms with E-state index in [0.717, 1.165) is 0 Å². The molecule has 1 heterocycles. The lowest BCUT2D eigenvalue weighted by atomic mass is 9.78. The van der Waals surface area contributed by atoms with Gasteiger partial charge in [0, 0.05) is 16.6 Å². The fourth-order valence-electron chi connectivity index (χ4n) is 5.08. The van der Waals surface area contributed by atoms with Crippen molar-refractivity contribution in [2.45, 2.75) is 64.2 Å². The van der Waals surface area contributed by atoms with E-state index in [1.807, 2.05) is 0 Å². The standard InChI is InChI=1S/C18H23N/c1-11-8-14-9-13(3)19-17(14)15-12(2)10-18(16(11)15)6-4-5-7-18/h8-9,12,19H,4-7,10H2,1-3H3. The van der Waals surface area contributed by atoms with Crippen LogP contribution in [-0.4, -0.2) is 4.98 Å². The fraction of sp³-hybridized carbons (Fsp3) is 0.556. The molecule has 1 unspecified atom stereocenters. The maximum Gasteiger partial charge on any atom is 0.0494 e. The minimum atomic E-state index is 0.520. The van der Waals surface area contributed by atoms with Gasteiger partial charge in [0.15, 0.2) is 0 Å². The van der Waals surface area contributed by atoms with E-state index in [1.165, 1.54) is 54.3 Å². The number of nitrogens with one attached hydrogen (secondary N) is 1. The van der Waals surface area contributed by atoms with Crippen LogP contribution in [0.4, 0.5) is 0 Å². The zero-order valence-corrected chi connectivity index (χ0v) is 12.3. The predicted molar refractivity (Wildman–Crippen MR) is 81.0 cm³/mol. The van der Waals surface area contributed by atoms with Crippen LogP contribution in [0.2, 0.25) is 0 Å². The van der Waals surface area contributed by atoms with Gasteiger partial charge < -0.3 is 4.98 Å². The van der Waals surface area contributed by atoms with E-state index >= 15 is 0 Å². The van der Waals surface area contributed by atoms with Crippen LogP contribution in [0.15, 0.2) is 12.1 Å². The molecule has 0 amide bonds. The van der Waals surface area contributed by atoms with Gasteiger partial charge in [0.05, 0.1) is 0 Å². The van der Waals surface area contributed by atoms with E-state index in [0.29, 0.717) is 11.3 Å². The molecule has 1 atom stereocenters. The van der Waals surface area contributed by atoms with Crippen LogP contribution in [0.1, 0.15) is 67.3 Å². The van der Waals surface area contributed by atoms with Crippen LogP contribution in [0.5, 0.6) is 0 Å². The van der Waals surface area contributed by atoms with Gasteiger partial charge in [0.25, 0.3) is 0 Å². The molecular formula is C18H23N. The number of aromatic nitrogens is 1. The Bertz CT molecular complexity index is 656. The van der Waals surface area contributed by atoms with Crippen molar-refractivity contribution in [2.24, 2.45) is 0 Å². The molecule has 19 heavy (non-hydrogen) atoms. The number of aromatic amines is 1. The molecule has 2 aromatic rings. The van der Waals surface area contributed by atoms with E-state index in [1.54, 1.807) is 11.1 Å². The Balaban J connectivity index is 2.07. The summed E-state index contributed by atoms with van der Waals surface area (Å²) in [6.45, 7) is 6.94. The molecule has 1 spiro atoms. The Morgan fingerprint density at radius 1 is 1.16 bits per heavy atom. The summed E-state index contributed by atoms with van der Waals surface area (Å²) in [4.78, 5) is 3.62. The molecule has 1 aromatic carbocycles. The van der Waals surface area contributed by atoms with Crippen LogP contribution in [-0.2, 0) is 5.41 Å². The lowest BCUT2D eigenvalue weighted by Crippen LogP contribution is -2.19. The number of aryl methyl sites for hydroxylation is 2. The third-order valence-electron chi connectivity index (χ3n) is 5.57. The first-order valence-corrected chi connectivity index (χ1v) is 7.74. The first kappa shape index (κ1) is 11.6. The topological polar surface area (TPSA) is 15.8 Å². The number of hydrogen-bond acceptors (Lipinski definition) is 0. The fourth-order valence-corrected chi connectivity index (χ4v) is 5.08. The van der Waals surface area contributed by atoms with E-state index in [9.17, 15) is 0 Å². The van der Waals surface area contributed by atoms with Gasteiger partial charge in [0.2, 0.25) is 0 Å². The molecule has 1 aromatic heterocycles. The highest BCUT2D eigenvalue weighted by atomic mass is 14.7. The Labute approximate surface area is 115 Å². The SMILES string of the molecule is Cc1cc2cc(C)c3c(c2[nH]1)C(C)CC31CCCC1. The minimum absolute atomic E-state index is 0.520. The summed E-state index contributed by atoms with van der Waals surface area (Å²) in [7, 11) is 0. The van der Waals surface area contributed by atoms with Gasteiger partial charge in [-0.05, 0) is 73.3 Å². The van der Waals surface area contributed by atoms with Gasteiger partial charge in [-0.25, -0.2) is 0 Å². The maximum atomic E-state index is 3.62. The highest BCUT2D eigenvalue weighted by Gasteiger charge is 2.45. The second-order valence-electron chi connectivity index (χ2n) is 6.99. The molecular weight excluding hydrogens is 230 g/mol. The average molecular weight is 253 g/mol.